The van der Waals surface area contributed by atoms with Crippen molar-refractivity contribution in [3.63, 3.8) is 0 Å². The van der Waals surface area contributed by atoms with Gasteiger partial charge in [0.1, 0.15) is 12.2 Å². The van der Waals surface area contributed by atoms with Crippen molar-refractivity contribution < 1.29 is 29.9 Å². The Balaban J connectivity index is 1.92. The fraction of sp³-hybridized carbons (Fsp3) is 0.600. The van der Waals surface area contributed by atoms with Crippen LogP contribution in [0, 0.1) is 13.8 Å². The van der Waals surface area contributed by atoms with E-state index in [1.807, 2.05) is 0 Å². The lowest BCUT2D eigenvalue weighted by molar-refractivity contribution is -0.142. The number of ether oxygens (including phenoxy) is 2. The third-order valence-corrected chi connectivity index (χ3v) is 6.20. The van der Waals surface area contributed by atoms with Crippen LogP contribution < -0.4 is 22.5 Å². The summed E-state index contributed by atoms with van der Waals surface area (Å²) in [6, 6.07) is 0. The molecule has 2 aromatic rings. The summed E-state index contributed by atoms with van der Waals surface area (Å²) in [5.41, 5.74) is -3.04. The van der Waals surface area contributed by atoms with Gasteiger partial charge in [-0.15, -0.1) is 10.2 Å². The van der Waals surface area contributed by atoms with Crippen LogP contribution in [0.4, 0.5) is 0 Å². The maximum atomic E-state index is 12.7. The van der Waals surface area contributed by atoms with Crippen molar-refractivity contribution in [1.82, 2.24) is 19.1 Å². The predicted octanol–water partition coefficient (Wildman–Crippen LogP) is -3.34. The second-order valence-corrected chi connectivity index (χ2v) is 8.79. The lowest BCUT2D eigenvalue weighted by Crippen LogP contribution is -2.46. The van der Waals surface area contributed by atoms with Gasteiger partial charge in [-0.3, -0.25) is 28.7 Å². The highest BCUT2D eigenvalue weighted by atomic mass is 16.6. The van der Waals surface area contributed by atoms with Gasteiger partial charge in [0.05, 0.1) is 25.4 Å². The van der Waals surface area contributed by atoms with Gasteiger partial charge in [-0.1, -0.05) is 0 Å². The molecular weight excluding hydrogens is 484 g/mol. The number of aromatic nitrogens is 4. The zero-order valence-electron chi connectivity index (χ0n) is 19.3. The van der Waals surface area contributed by atoms with Gasteiger partial charge < -0.3 is 29.9 Å². The first-order valence-electron chi connectivity index (χ1n) is 11.0. The Morgan fingerprint density at radius 1 is 0.833 bits per heavy atom. The highest BCUT2D eigenvalue weighted by Gasteiger charge is 2.53. The van der Waals surface area contributed by atoms with Crippen LogP contribution in [0.5, 0.6) is 0 Å². The van der Waals surface area contributed by atoms with Crippen molar-refractivity contribution in [2.75, 3.05) is 13.2 Å². The highest BCUT2D eigenvalue weighted by molar-refractivity contribution is 5.06. The summed E-state index contributed by atoms with van der Waals surface area (Å²) in [6.07, 6.45) is -3.49. The minimum absolute atomic E-state index is 0.102. The van der Waals surface area contributed by atoms with Crippen LogP contribution in [0.15, 0.2) is 41.8 Å². The van der Waals surface area contributed by atoms with E-state index in [-0.39, 0.29) is 11.1 Å². The molecule has 2 aromatic heterocycles. The molecule has 2 aliphatic rings. The van der Waals surface area contributed by atoms with Gasteiger partial charge in [-0.2, -0.15) is 0 Å². The fourth-order valence-electron chi connectivity index (χ4n) is 4.21. The number of aryl methyl sites for hydroxylation is 2. The van der Waals surface area contributed by atoms with E-state index < -0.39 is 84.7 Å². The Labute approximate surface area is 201 Å². The van der Waals surface area contributed by atoms with Gasteiger partial charge in [0, 0.05) is 36.4 Å². The Morgan fingerprint density at radius 3 is 1.50 bits per heavy atom. The lowest BCUT2D eigenvalue weighted by Gasteiger charge is -2.29. The van der Waals surface area contributed by atoms with Gasteiger partial charge >= 0.3 is 11.4 Å². The molecule has 0 unspecified atom stereocenters. The Bertz CT molecular complexity index is 1310. The molecule has 0 radical (unpaired) electrons. The number of nitrogens with one attached hydrogen (secondary N) is 2. The smallest absolute Gasteiger partial charge is 0.332 e. The Hall–Kier alpha value is -3.28. The zero-order chi connectivity index (χ0) is 26.4. The predicted molar refractivity (Wildman–Crippen MR) is 118 cm³/mol. The molecule has 6 atom stereocenters. The normalized spacial score (nSPS) is 32.5. The SMILES string of the molecule is Cc1cn([C@@]2(/N=N/[C@]3(n4cc(C)c(=O)[nH]c4=O)C[C@H](O)[C@@H](CO)O3)C[C@H](O)[C@@H](CO)O2)c(=O)[nH]c1=O. The second kappa shape index (κ2) is 9.30. The first-order valence-corrected chi connectivity index (χ1v) is 11.0. The monoisotopic (exact) mass is 510 g/mol. The lowest BCUT2D eigenvalue weighted by atomic mass is 10.1. The van der Waals surface area contributed by atoms with Crippen LogP contribution >= 0.6 is 0 Å². The van der Waals surface area contributed by atoms with Crippen LogP contribution in [0.25, 0.3) is 0 Å². The van der Waals surface area contributed by atoms with Crippen LogP contribution in [0.2, 0.25) is 0 Å². The first kappa shape index (κ1) is 25.8. The van der Waals surface area contributed by atoms with Crippen molar-refractivity contribution in [2.24, 2.45) is 10.2 Å². The average molecular weight is 510 g/mol. The summed E-state index contributed by atoms with van der Waals surface area (Å²) in [4.78, 5) is 53.4. The number of aromatic amines is 2. The number of nitrogens with zero attached hydrogens (tertiary/aromatic N) is 4. The summed E-state index contributed by atoms with van der Waals surface area (Å²) >= 11 is 0. The zero-order valence-corrected chi connectivity index (χ0v) is 19.3. The second-order valence-electron chi connectivity index (χ2n) is 8.79. The number of aliphatic hydroxyl groups excluding tert-OH is 4. The molecule has 0 spiro atoms. The van der Waals surface area contributed by atoms with Crippen molar-refractivity contribution in [3.8, 4) is 0 Å². The molecule has 0 aromatic carbocycles. The van der Waals surface area contributed by atoms with E-state index in [2.05, 4.69) is 20.2 Å². The number of hydrogen-bond donors (Lipinski definition) is 6. The van der Waals surface area contributed by atoms with E-state index in [0.29, 0.717) is 0 Å². The Morgan fingerprint density at radius 2 is 1.19 bits per heavy atom. The van der Waals surface area contributed by atoms with Gasteiger partial charge in [0.15, 0.2) is 0 Å². The van der Waals surface area contributed by atoms with Crippen molar-refractivity contribution in [2.45, 2.75) is 62.8 Å². The van der Waals surface area contributed by atoms with Crippen molar-refractivity contribution in [3.05, 3.63) is 65.2 Å². The molecule has 4 rings (SSSR count). The van der Waals surface area contributed by atoms with Crippen LogP contribution in [0.3, 0.4) is 0 Å². The minimum atomic E-state index is -2.10. The molecule has 2 saturated heterocycles. The van der Waals surface area contributed by atoms with E-state index >= 15 is 0 Å². The number of azo groups is 1. The molecular formula is C20H26N6O10. The summed E-state index contributed by atoms with van der Waals surface area (Å²) < 4.78 is 13.2. The van der Waals surface area contributed by atoms with E-state index in [1.54, 1.807) is 0 Å². The minimum Gasteiger partial charge on any atom is -0.394 e. The Kier molecular flexibility index (Phi) is 6.67. The highest BCUT2D eigenvalue weighted by Crippen LogP contribution is 2.40. The number of rotatable bonds is 6. The molecule has 196 valence electrons. The molecule has 2 aliphatic heterocycles. The molecule has 0 saturated carbocycles. The van der Waals surface area contributed by atoms with Crippen LogP contribution in [0.1, 0.15) is 24.0 Å². The summed E-state index contributed by atoms with van der Waals surface area (Å²) in [7, 11) is 0. The van der Waals surface area contributed by atoms with E-state index in [4.69, 9.17) is 9.47 Å². The third kappa shape index (κ3) is 4.27. The maximum Gasteiger partial charge on any atom is 0.332 e. The summed E-state index contributed by atoms with van der Waals surface area (Å²) in [5.74, 6) is -4.20. The molecule has 0 aliphatic carbocycles. The first-order chi connectivity index (χ1) is 16.9. The van der Waals surface area contributed by atoms with Gasteiger partial charge in [0.2, 0.25) is 0 Å². The van der Waals surface area contributed by atoms with Gasteiger partial charge in [-0.05, 0) is 13.8 Å². The average Bonchev–Trinajstić information content (AvgIpc) is 3.34. The van der Waals surface area contributed by atoms with E-state index in [1.165, 1.54) is 13.8 Å². The molecule has 16 nitrogen and oxygen atoms in total. The van der Waals surface area contributed by atoms with E-state index in [9.17, 15) is 39.6 Å². The van der Waals surface area contributed by atoms with Gasteiger partial charge in [-0.25, -0.2) is 9.59 Å². The number of aliphatic hydroxyl groups is 4. The summed E-state index contributed by atoms with van der Waals surface area (Å²) in [5, 5.41) is 48.4. The van der Waals surface area contributed by atoms with Gasteiger partial charge in [0.25, 0.3) is 22.8 Å². The standard InChI is InChI=1S/C20H26N6O10/c1-9-5-25(17(33)21-15(9)31)19(3-11(29)13(7-27)35-19)23-24-20(4-12(30)14(8-28)36-20)26-6-10(2)16(32)22-18(26)34/h5-6,11-14,27-30H,3-4,7-8H2,1-2H3,(H,21,31,33)(H,22,32,34)/b24-23+/t11-,12-,13+,14+,19-,20-/m0/s1. The van der Waals surface area contributed by atoms with Crippen molar-refractivity contribution in [1.29, 1.82) is 0 Å². The van der Waals surface area contributed by atoms with Crippen molar-refractivity contribution >= 4 is 0 Å². The molecule has 0 amide bonds. The molecule has 36 heavy (non-hydrogen) atoms. The quantitative estimate of drug-likeness (QED) is 0.211. The number of hydrogen-bond acceptors (Lipinski definition) is 12. The number of H-pyrrole nitrogens is 2. The van der Waals surface area contributed by atoms with Crippen LogP contribution in [-0.4, -0.2) is 77.2 Å². The molecule has 6 N–H and O–H groups in total. The maximum absolute atomic E-state index is 12.7. The van der Waals surface area contributed by atoms with Crippen LogP contribution in [-0.2, 0) is 21.2 Å². The third-order valence-electron chi connectivity index (χ3n) is 6.20. The molecule has 4 heterocycles. The molecule has 16 heteroatoms. The fourth-order valence-corrected chi connectivity index (χ4v) is 4.21. The largest absolute Gasteiger partial charge is 0.394 e. The molecule has 2 fully saturated rings. The summed E-state index contributed by atoms with van der Waals surface area (Å²) in [6.45, 7) is 1.56. The van der Waals surface area contributed by atoms with E-state index in [0.717, 1.165) is 21.5 Å². The topological polar surface area (TPSA) is 234 Å². The molecule has 0 bridgehead atoms.